The van der Waals surface area contributed by atoms with Gasteiger partial charge in [0.1, 0.15) is 5.82 Å². The predicted octanol–water partition coefficient (Wildman–Crippen LogP) is 4.26. The average molecular weight is 405 g/mol. The Bertz CT molecular complexity index is 720. The molecular formula is C20H22BrFN2O. The Kier molecular flexibility index (Phi) is 6.08. The zero-order chi connectivity index (χ0) is 17.6. The number of hydrogen-bond acceptors (Lipinski definition) is 2. The van der Waals surface area contributed by atoms with Gasteiger partial charge in [0.25, 0.3) is 0 Å². The molecule has 1 heterocycles. The van der Waals surface area contributed by atoms with Crippen LogP contribution in [0, 0.1) is 5.82 Å². The second kappa shape index (κ2) is 8.48. The summed E-state index contributed by atoms with van der Waals surface area (Å²) in [5.41, 5.74) is 2.18. The number of carbonyl (C=O) groups is 1. The molecular weight excluding hydrogens is 383 g/mol. The summed E-state index contributed by atoms with van der Waals surface area (Å²) < 4.78 is 14.1. The lowest BCUT2D eigenvalue weighted by molar-refractivity contribution is -0.130. The summed E-state index contributed by atoms with van der Waals surface area (Å²) in [5, 5.41) is 0. The number of aryl methyl sites for hydroxylation is 1. The molecule has 0 aromatic heterocycles. The summed E-state index contributed by atoms with van der Waals surface area (Å²) in [7, 11) is 0. The number of benzene rings is 2. The molecule has 1 amide bonds. The molecule has 1 aliphatic heterocycles. The highest BCUT2D eigenvalue weighted by Gasteiger charge is 2.19. The third-order valence-corrected chi connectivity index (χ3v) is 5.38. The van der Waals surface area contributed by atoms with Crippen molar-refractivity contribution >= 4 is 27.5 Å². The Morgan fingerprint density at radius 2 is 1.76 bits per heavy atom. The van der Waals surface area contributed by atoms with E-state index in [4.69, 9.17) is 0 Å². The van der Waals surface area contributed by atoms with E-state index < -0.39 is 0 Å². The summed E-state index contributed by atoms with van der Waals surface area (Å²) in [6, 6.07) is 14.6. The van der Waals surface area contributed by atoms with Gasteiger partial charge in [0.2, 0.25) is 5.91 Å². The van der Waals surface area contributed by atoms with Crippen molar-refractivity contribution in [1.29, 1.82) is 0 Å². The van der Waals surface area contributed by atoms with E-state index in [1.807, 2.05) is 23.1 Å². The van der Waals surface area contributed by atoms with Crippen LogP contribution in [0.1, 0.15) is 18.4 Å². The van der Waals surface area contributed by atoms with E-state index >= 15 is 0 Å². The Morgan fingerprint density at radius 1 is 1.00 bits per heavy atom. The number of hydrogen-bond donors (Lipinski definition) is 0. The molecule has 0 N–H and O–H groups in total. The fourth-order valence-corrected chi connectivity index (χ4v) is 3.66. The smallest absolute Gasteiger partial charge is 0.222 e. The SMILES string of the molecule is O=C(CCc1ccccc1Br)N1CCCN(c2ccc(F)cc2)CC1. The molecule has 0 aliphatic carbocycles. The van der Waals surface area contributed by atoms with E-state index in [0.29, 0.717) is 13.0 Å². The monoisotopic (exact) mass is 404 g/mol. The first-order valence-corrected chi connectivity index (χ1v) is 9.44. The van der Waals surface area contributed by atoms with Gasteiger partial charge in [-0.25, -0.2) is 4.39 Å². The molecule has 0 bridgehead atoms. The van der Waals surface area contributed by atoms with E-state index in [2.05, 4.69) is 26.9 Å². The van der Waals surface area contributed by atoms with Crippen LogP contribution in [0.15, 0.2) is 53.0 Å². The molecule has 1 fully saturated rings. The van der Waals surface area contributed by atoms with Gasteiger partial charge in [-0.05, 0) is 48.7 Å². The molecule has 0 radical (unpaired) electrons. The lowest BCUT2D eigenvalue weighted by Gasteiger charge is -2.23. The summed E-state index contributed by atoms with van der Waals surface area (Å²) >= 11 is 3.54. The van der Waals surface area contributed by atoms with Crippen molar-refractivity contribution in [2.24, 2.45) is 0 Å². The van der Waals surface area contributed by atoms with Crippen LogP contribution in [0.3, 0.4) is 0 Å². The highest BCUT2D eigenvalue weighted by atomic mass is 79.9. The molecule has 3 nitrogen and oxygen atoms in total. The van der Waals surface area contributed by atoms with Gasteiger partial charge in [-0.3, -0.25) is 4.79 Å². The maximum Gasteiger partial charge on any atom is 0.222 e. The van der Waals surface area contributed by atoms with Crippen LogP contribution >= 0.6 is 15.9 Å². The Balaban J connectivity index is 1.54. The van der Waals surface area contributed by atoms with Gasteiger partial charge < -0.3 is 9.80 Å². The zero-order valence-electron chi connectivity index (χ0n) is 14.1. The molecule has 2 aromatic carbocycles. The van der Waals surface area contributed by atoms with Gasteiger partial charge >= 0.3 is 0 Å². The molecule has 0 saturated carbocycles. The molecule has 0 unspecified atom stereocenters. The van der Waals surface area contributed by atoms with Gasteiger partial charge in [0, 0.05) is 42.8 Å². The average Bonchev–Trinajstić information content (AvgIpc) is 2.88. The number of anilines is 1. The molecule has 0 spiro atoms. The van der Waals surface area contributed by atoms with Gasteiger partial charge in [-0.2, -0.15) is 0 Å². The third-order valence-electron chi connectivity index (χ3n) is 4.61. The van der Waals surface area contributed by atoms with Crippen LogP contribution in [0.25, 0.3) is 0 Å². The quantitative estimate of drug-likeness (QED) is 0.759. The number of nitrogens with zero attached hydrogens (tertiary/aromatic N) is 2. The number of carbonyl (C=O) groups excluding carboxylic acids is 1. The van der Waals surface area contributed by atoms with E-state index in [9.17, 15) is 9.18 Å². The number of rotatable bonds is 4. The molecule has 1 saturated heterocycles. The number of amides is 1. The lowest BCUT2D eigenvalue weighted by Crippen LogP contribution is -2.35. The Labute approximate surface area is 156 Å². The minimum absolute atomic E-state index is 0.205. The van der Waals surface area contributed by atoms with Crippen LogP contribution in [-0.4, -0.2) is 37.0 Å². The van der Waals surface area contributed by atoms with Crippen molar-refractivity contribution in [3.8, 4) is 0 Å². The second-order valence-corrected chi connectivity index (χ2v) is 7.14. The first kappa shape index (κ1) is 17.9. The normalized spacial score (nSPS) is 15.1. The van der Waals surface area contributed by atoms with Crippen molar-refractivity contribution in [3.05, 3.63) is 64.4 Å². The van der Waals surface area contributed by atoms with Gasteiger partial charge in [-0.1, -0.05) is 34.1 Å². The molecule has 0 atom stereocenters. The molecule has 2 aromatic rings. The predicted molar refractivity (Wildman–Crippen MR) is 102 cm³/mol. The summed E-state index contributed by atoms with van der Waals surface area (Å²) in [6.07, 6.45) is 2.20. The maximum atomic E-state index is 13.1. The van der Waals surface area contributed by atoms with Gasteiger partial charge in [0.15, 0.2) is 0 Å². The highest BCUT2D eigenvalue weighted by Crippen LogP contribution is 2.19. The highest BCUT2D eigenvalue weighted by molar-refractivity contribution is 9.10. The van der Waals surface area contributed by atoms with Gasteiger partial charge in [0.05, 0.1) is 0 Å². The van der Waals surface area contributed by atoms with Crippen LogP contribution in [0.4, 0.5) is 10.1 Å². The van der Waals surface area contributed by atoms with Crippen molar-refractivity contribution in [3.63, 3.8) is 0 Å². The molecule has 3 rings (SSSR count). The topological polar surface area (TPSA) is 23.6 Å². The lowest BCUT2D eigenvalue weighted by atomic mass is 10.1. The van der Waals surface area contributed by atoms with Crippen LogP contribution in [0.5, 0.6) is 0 Å². The standard InChI is InChI=1S/C20H22BrFN2O/c21-19-5-2-1-4-16(19)6-11-20(25)24-13-3-12-23(14-15-24)18-9-7-17(22)8-10-18/h1-2,4-5,7-10H,3,6,11-15H2. The second-order valence-electron chi connectivity index (χ2n) is 6.29. The van der Waals surface area contributed by atoms with Crippen LogP contribution < -0.4 is 4.90 Å². The molecule has 25 heavy (non-hydrogen) atoms. The van der Waals surface area contributed by atoms with E-state index in [-0.39, 0.29) is 11.7 Å². The van der Waals surface area contributed by atoms with Gasteiger partial charge in [-0.15, -0.1) is 0 Å². The first-order valence-electron chi connectivity index (χ1n) is 8.65. The minimum Gasteiger partial charge on any atom is -0.370 e. The van der Waals surface area contributed by atoms with Crippen LogP contribution in [-0.2, 0) is 11.2 Å². The zero-order valence-corrected chi connectivity index (χ0v) is 15.7. The van der Waals surface area contributed by atoms with E-state index in [1.165, 1.54) is 17.7 Å². The summed E-state index contributed by atoms with van der Waals surface area (Å²) in [5.74, 6) is -0.0147. The van der Waals surface area contributed by atoms with Crippen molar-refractivity contribution < 1.29 is 9.18 Å². The first-order chi connectivity index (χ1) is 12.1. The Hall–Kier alpha value is -1.88. The summed E-state index contributed by atoms with van der Waals surface area (Å²) in [6.45, 7) is 3.17. The van der Waals surface area contributed by atoms with Crippen molar-refractivity contribution in [2.75, 3.05) is 31.1 Å². The summed E-state index contributed by atoms with van der Waals surface area (Å²) in [4.78, 5) is 16.7. The molecule has 132 valence electrons. The minimum atomic E-state index is -0.220. The van der Waals surface area contributed by atoms with Crippen molar-refractivity contribution in [2.45, 2.75) is 19.3 Å². The molecule has 1 aliphatic rings. The molecule has 5 heteroatoms. The van der Waals surface area contributed by atoms with Crippen molar-refractivity contribution in [1.82, 2.24) is 4.90 Å². The van der Waals surface area contributed by atoms with E-state index in [0.717, 1.165) is 42.6 Å². The number of halogens is 2. The van der Waals surface area contributed by atoms with Crippen LogP contribution in [0.2, 0.25) is 0 Å². The maximum absolute atomic E-state index is 13.1. The fraction of sp³-hybridized carbons (Fsp3) is 0.350. The fourth-order valence-electron chi connectivity index (χ4n) is 3.18. The van der Waals surface area contributed by atoms with E-state index in [1.54, 1.807) is 12.1 Å². The third kappa shape index (κ3) is 4.82. The largest absolute Gasteiger partial charge is 0.370 e. The Morgan fingerprint density at radius 3 is 2.52 bits per heavy atom.